The summed E-state index contributed by atoms with van der Waals surface area (Å²) in [6, 6.07) is 4.01. The number of carbonyl (C=O) groups excluding carboxylic acids is 1. The summed E-state index contributed by atoms with van der Waals surface area (Å²) in [6.45, 7) is 0.412. The zero-order chi connectivity index (χ0) is 16.3. The third-order valence-corrected chi connectivity index (χ3v) is 3.35. The van der Waals surface area contributed by atoms with Gasteiger partial charge in [0, 0.05) is 5.02 Å². The minimum absolute atomic E-state index is 0.0684. The van der Waals surface area contributed by atoms with Crippen LogP contribution in [0.5, 0.6) is 0 Å². The van der Waals surface area contributed by atoms with Crippen LogP contribution in [-0.2, 0) is 20.8 Å². The maximum absolute atomic E-state index is 12.9. The molecule has 1 aromatic rings. The molecular weight excluding hydrogens is 330 g/mol. The molecule has 122 valence electrons. The molecule has 1 heterocycles. The summed E-state index contributed by atoms with van der Waals surface area (Å²) < 4.78 is 54.1. The molecule has 0 amide bonds. The Morgan fingerprint density at radius 2 is 2.05 bits per heavy atom. The number of rotatable bonds is 5. The molecule has 22 heavy (non-hydrogen) atoms. The van der Waals surface area contributed by atoms with Gasteiger partial charge in [-0.2, -0.15) is 13.2 Å². The summed E-state index contributed by atoms with van der Waals surface area (Å²) in [5.41, 5.74) is 0.711. The van der Waals surface area contributed by atoms with Crippen molar-refractivity contribution in [1.29, 1.82) is 0 Å². The number of hydroxylamine groups is 2. The van der Waals surface area contributed by atoms with Gasteiger partial charge in [-0.1, -0.05) is 17.7 Å². The van der Waals surface area contributed by atoms with Gasteiger partial charge in [-0.05, 0) is 24.1 Å². The van der Waals surface area contributed by atoms with Crippen molar-refractivity contribution < 1.29 is 31.9 Å². The normalized spacial score (nSPS) is 16.4. The van der Waals surface area contributed by atoms with E-state index in [1.54, 1.807) is 6.07 Å². The largest absolute Gasteiger partial charge is 0.492 e. The predicted octanol–water partition coefficient (Wildman–Crippen LogP) is 2.74. The highest BCUT2D eigenvalue weighted by Gasteiger charge is 2.44. The summed E-state index contributed by atoms with van der Waals surface area (Å²) in [7, 11) is 0. The van der Waals surface area contributed by atoms with Crippen LogP contribution in [0.2, 0.25) is 5.02 Å². The van der Waals surface area contributed by atoms with Gasteiger partial charge in [0.2, 0.25) is 0 Å². The summed E-state index contributed by atoms with van der Waals surface area (Å²) >= 11 is 5.85. The van der Waals surface area contributed by atoms with Crippen LogP contribution >= 0.6 is 11.6 Å². The first-order chi connectivity index (χ1) is 10.3. The first-order valence-corrected chi connectivity index (χ1v) is 6.73. The van der Waals surface area contributed by atoms with Crippen molar-refractivity contribution in [3.05, 3.63) is 34.6 Å². The molecule has 0 saturated carbocycles. The SMILES string of the molecule is O=C(ON1CC(OCCc2ccc(F)cc2Cl)C1)C(F)(F)F. The van der Waals surface area contributed by atoms with E-state index in [0.717, 1.165) is 5.06 Å². The highest BCUT2D eigenvalue weighted by Crippen LogP contribution is 2.21. The van der Waals surface area contributed by atoms with E-state index in [1.165, 1.54) is 12.1 Å². The Bertz CT molecular complexity index is 547. The predicted molar refractivity (Wildman–Crippen MR) is 68.6 cm³/mol. The second-order valence-corrected chi connectivity index (χ2v) is 5.11. The smallest absolute Gasteiger partial charge is 0.375 e. The van der Waals surface area contributed by atoms with Gasteiger partial charge in [0.05, 0.1) is 25.8 Å². The topological polar surface area (TPSA) is 38.8 Å². The second kappa shape index (κ2) is 6.80. The zero-order valence-corrected chi connectivity index (χ0v) is 12.0. The Morgan fingerprint density at radius 3 is 2.64 bits per heavy atom. The number of benzene rings is 1. The lowest BCUT2D eigenvalue weighted by molar-refractivity contribution is -0.268. The van der Waals surface area contributed by atoms with Gasteiger partial charge in [-0.25, -0.2) is 9.18 Å². The van der Waals surface area contributed by atoms with Gasteiger partial charge in [-0.15, -0.1) is 5.06 Å². The van der Waals surface area contributed by atoms with E-state index in [1.807, 2.05) is 0 Å². The third-order valence-electron chi connectivity index (χ3n) is 3.00. The Hall–Kier alpha value is -1.38. The van der Waals surface area contributed by atoms with Crippen LogP contribution in [-0.4, -0.2) is 43.0 Å². The fraction of sp³-hybridized carbons (Fsp3) is 0.462. The summed E-state index contributed by atoms with van der Waals surface area (Å²) in [5, 5.41) is 1.17. The highest BCUT2D eigenvalue weighted by atomic mass is 35.5. The number of hydrogen-bond donors (Lipinski definition) is 0. The van der Waals surface area contributed by atoms with Crippen molar-refractivity contribution in [1.82, 2.24) is 5.06 Å². The summed E-state index contributed by atoms with van der Waals surface area (Å²) in [6.07, 6.45) is -4.89. The number of alkyl halides is 3. The second-order valence-electron chi connectivity index (χ2n) is 4.70. The lowest BCUT2D eigenvalue weighted by Gasteiger charge is -2.36. The molecule has 0 bridgehead atoms. The van der Waals surface area contributed by atoms with Gasteiger partial charge in [0.25, 0.3) is 0 Å². The first-order valence-electron chi connectivity index (χ1n) is 6.35. The van der Waals surface area contributed by atoms with Crippen LogP contribution in [0.25, 0.3) is 0 Å². The summed E-state index contributed by atoms with van der Waals surface area (Å²) in [5.74, 6) is -2.68. The number of hydrogen-bond acceptors (Lipinski definition) is 4. The lowest BCUT2D eigenvalue weighted by atomic mass is 10.1. The fourth-order valence-corrected chi connectivity index (χ4v) is 2.07. The van der Waals surface area contributed by atoms with Crippen LogP contribution in [0, 0.1) is 5.82 Å². The molecule has 0 atom stereocenters. The molecule has 0 spiro atoms. The minimum Gasteiger partial charge on any atom is -0.375 e. The first kappa shape index (κ1) is 17.0. The Kier molecular flexibility index (Phi) is 5.25. The third kappa shape index (κ3) is 4.56. The number of nitrogens with zero attached hydrogens (tertiary/aromatic N) is 1. The number of ether oxygens (including phenoxy) is 1. The van der Waals surface area contributed by atoms with Gasteiger partial charge >= 0.3 is 12.1 Å². The molecule has 0 aromatic heterocycles. The quantitative estimate of drug-likeness (QED) is 0.772. The van der Waals surface area contributed by atoms with E-state index in [2.05, 4.69) is 4.84 Å². The Balaban J connectivity index is 1.65. The van der Waals surface area contributed by atoms with E-state index in [9.17, 15) is 22.4 Å². The van der Waals surface area contributed by atoms with Crippen molar-refractivity contribution in [2.75, 3.05) is 19.7 Å². The highest BCUT2D eigenvalue weighted by molar-refractivity contribution is 6.31. The van der Waals surface area contributed by atoms with Crippen molar-refractivity contribution in [3.63, 3.8) is 0 Å². The maximum Gasteiger partial charge on any atom is 0.492 e. The van der Waals surface area contributed by atoms with Crippen LogP contribution in [0.15, 0.2) is 18.2 Å². The Labute approximate surface area is 128 Å². The molecule has 4 nitrogen and oxygen atoms in total. The van der Waals surface area contributed by atoms with E-state index in [0.29, 0.717) is 12.0 Å². The number of halogens is 5. The van der Waals surface area contributed by atoms with Crippen molar-refractivity contribution >= 4 is 17.6 Å². The molecule has 1 fully saturated rings. The molecular formula is C13H12ClF4NO3. The van der Waals surface area contributed by atoms with Crippen molar-refractivity contribution in [3.8, 4) is 0 Å². The van der Waals surface area contributed by atoms with Crippen LogP contribution in [0.3, 0.4) is 0 Å². The fourth-order valence-electron chi connectivity index (χ4n) is 1.81. The molecule has 0 N–H and O–H groups in total. The molecule has 1 aliphatic rings. The van der Waals surface area contributed by atoms with Crippen LogP contribution in [0.1, 0.15) is 5.56 Å². The summed E-state index contributed by atoms with van der Waals surface area (Å²) in [4.78, 5) is 14.7. The van der Waals surface area contributed by atoms with Gasteiger partial charge in [0.15, 0.2) is 0 Å². The van der Waals surface area contributed by atoms with Gasteiger partial charge < -0.3 is 9.57 Å². The van der Waals surface area contributed by atoms with Crippen molar-refractivity contribution in [2.45, 2.75) is 18.7 Å². The van der Waals surface area contributed by atoms with Gasteiger partial charge in [0.1, 0.15) is 5.82 Å². The molecule has 1 aromatic carbocycles. The lowest BCUT2D eigenvalue weighted by Crippen LogP contribution is -2.54. The molecule has 9 heteroatoms. The number of carbonyl (C=O) groups is 1. The molecule has 2 rings (SSSR count). The van der Waals surface area contributed by atoms with E-state index < -0.39 is 18.0 Å². The van der Waals surface area contributed by atoms with E-state index >= 15 is 0 Å². The van der Waals surface area contributed by atoms with Gasteiger partial charge in [-0.3, -0.25) is 0 Å². The monoisotopic (exact) mass is 341 g/mol. The molecule has 0 aliphatic carbocycles. The molecule has 0 unspecified atom stereocenters. The Morgan fingerprint density at radius 1 is 1.36 bits per heavy atom. The molecule has 1 aliphatic heterocycles. The molecule has 0 radical (unpaired) electrons. The van der Waals surface area contributed by atoms with Crippen LogP contribution < -0.4 is 0 Å². The zero-order valence-electron chi connectivity index (χ0n) is 11.2. The standard InChI is InChI=1S/C13H12ClF4NO3/c14-11-5-9(15)2-1-8(11)3-4-21-10-6-19(7-10)22-12(20)13(16,17)18/h1-2,5,10H,3-4,6-7H2. The average molecular weight is 342 g/mol. The maximum atomic E-state index is 12.9. The molecule has 1 saturated heterocycles. The van der Waals surface area contributed by atoms with E-state index in [-0.39, 0.29) is 30.8 Å². The van der Waals surface area contributed by atoms with E-state index in [4.69, 9.17) is 16.3 Å². The average Bonchev–Trinajstić information content (AvgIpc) is 2.36. The van der Waals surface area contributed by atoms with Crippen LogP contribution in [0.4, 0.5) is 17.6 Å². The minimum atomic E-state index is -5.01. The van der Waals surface area contributed by atoms with Crippen molar-refractivity contribution in [2.24, 2.45) is 0 Å².